The topological polar surface area (TPSA) is 51.2 Å². The molecule has 41 heavy (non-hydrogen) atoms. The SMILES string of the molecule is CCCCCCCCCC(Oc1ccc(C2c3ccc(O)cc3OCC2c2ccccc2)cc1)N1CCOCC1.Cl. The van der Waals surface area contributed by atoms with Crippen molar-refractivity contribution in [3.8, 4) is 17.2 Å². The van der Waals surface area contributed by atoms with Crippen LogP contribution in [0.3, 0.4) is 0 Å². The van der Waals surface area contributed by atoms with Crippen LogP contribution in [0, 0.1) is 0 Å². The summed E-state index contributed by atoms with van der Waals surface area (Å²) in [6, 6.07) is 24.8. The summed E-state index contributed by atoms with van der Waals surface area (Å²) in [5.74, 6) is 2.22. The van der Waals surface area contributed by atoms with Gasteiger partial charge in [0.25, 0.3) is 0 Å². The number of ether oxygens (including phenoxy) is 3. The van der Waals surface area contributed by atoms with Gasteiger partial charge in [0.2, 0.25) is 0 Å². The summed E-state index contributed by atoms with van der Waals surface area (Å²) in [7, 11) is 0. The van der Waals surface area contributed by atoms with Gasteiger partial charge in [-0.2, -0.15) is 0 Å². The highest BCUT2D eigenvalue weighted by molar-refractivity contribution is 5.85. The lowest BCUT2D eigenvalue weighted by atomic mass is 9.76. The van der Waals surface area contributed by atoms with E-state index in [2.05, 4.69) is 66.4 Å². The largest absolute Gasteiger partial charge is 0.508 e. The van der Waals surface area contributed by atoms with Gasteiger partial charge in [-0.05, 0) is 42.2 Å². The molecule has 3 unspecified atom stereocenters. The second-order valence-electron chi connectivity index (χ2n) is 11.2. The number of fused-ring (bicyclic) bond motifs is 1. The predicted octanol–water partition coefficient (Wildman–Crippen LogP) is 8.30. The lowest BCUT2D eigenvalue weighted by Gasteiger charge is -2.35. The van der Waals surface area contributed by atoms with Gasteiger partial charge in [0.15, 0.2) is 6.23 Å². The summed E-state index contributed by atoms with van der Waals surface area (Å²) in [4.78, 5) is 2.45. The van der Waals surface area contributed by atoms with Crippen LogP contribution < -0.4 is 9.47 Å². The van der Waals surface area contributed by atoms with E-state index in [9.17, 15) is 5.11 Å². The maximum atomic E-state index is 10.1. The van der Waals surface area contributed by atoms with Crippen molar-refractivity contribution in [1.82, 2.24) is 4.90 Å². The molecule has 2 aliphatic heterocycles. The fraction of sp³-hybridized carbons (Fsp3) is 0.486. The minimum absolute atomic E-state index is 0. The fourth-order valence-electron chi connectivity index (χ4n) is 6.17. The van der Waals surface area contributed by atoms with E-state index in [1.807, 2.05) is 6.07 Å². The third kappa shape index (κ3) is 8.41. The molecule has 0 saturated carbocycles. The van der Waals surface area contributed by atoms with Gasteiger partial charge in [0, 0.05) is 36.6 Å². The maximum Gasteiger partial charge on any atom is 0.152 e. The number of unbranched alkanes of at least 4 members (excludes halogenated alkanes) is 6. The van der Waals surface area contributed by atoms with Gasteiger partial charge < -0.3 is 19.3 Å². The van der Waals surface area contributed by atoms with E-state index in [1.54, 1.807) is 12.1 Å². The zero-order chi connectivity index (χ0) is 27.6. The van der Waals surface area contributed by atoms with Gasteiger partial charge in [-0.25, -0.2) is 0 Å². The fourth-order valence-corrected chi connectivity index (χ4v) is 6.17. The average Bonchev–Trinajstić information content (AvgIpc) is 3.00. The second kappa shape index (κ2) is 16.1. The number of hydrogen-bond donors (Lipinski definition) is 1. The Hall–Kier alpha value is -2.73. The number of phenolic OH excluding ortho intramolecular Hbond substituents is 1. The quantitative estimate of drug-likeness (QED) is 0.206. The summed E-state index contributed by atoms with van der Waals surface area (Å²) in [6.45, 7) is 6.23. The maximum absolute atomic E-state index is 10.1. The van der Waals surface area contributed by atoms with Crippen molar-refractivity contribution in [2.24, 2.45) is 0 Å². The monoisotopic (exact) mass is 579 g/mol. The Kier molecular flexibility index (Phi) is 12.2. The number of hydrogen-bond acceptors (Lipinski definition) is 5. The number of rotatable bonds is 13. The number of aromatic hydroxyl groups is 1. The highest BCUT2D eigenvalue weighted by atomic mass is 35.5. The third-order valence-corrected chi connectivity index (χ3v) is 8.40. The molecule has 3 aromatic carbocycles. The molecule has 1 N–H and O–H groups in total. The highest BCUT2D eigenvalue weighted by Crippen LogP contribution is 2.47. The summed E-state index contributed by atoms with van der Waals surface area (Å²) in [5, 5.41) is 10.1. The third-order valence-electron chi connectivity index (χ3n) is 8.40. The van der Waals surface area contributed by atoms with Gasteiger partial charge in [0.05, 0.1) is 19.8 Å². The van der Waals surface area contributed by atoms with Crippen LogP contribution in [-0.4, -0.2) is 49.1 Å². The molecule has 6 heteroatoms. The lowest BCUT2D eigenvalue weighted by Crippen LogP contribution is -2.46. The molecule has 0 spiro atoms. The summed E-state index contributed by atoms with van der Waals surface area (Å²) >= 11 is 0. The Bertz CT molecular complexity index is 1170. The molecule has 1 saturated heterocycles. The van der Waals surface area contributed by atoms with E-state index in [0.29, 0.717) is 6.61 Å². The summed E-state index contributed by atoms with van der Waals surface area (Å²) < 4.78 is 18.4. The van der Waals surface area contributed by atoms with E-state index in [4.69, 9.17) is 14.2 Å². The Morgan fingerprint density at radius 3 is 2.29 bits per heavy atom. The molecule has 0 aromatic heterocycles. The molecule has 0 amide bonds. The van der Waals surface area contributed by atoms with Crippen LogP contribution in [0.15, 0.2) is 72.8 Å². The Morgan fingerprint density at radius 1 is 0.854 bits per heavy atom. The molecule has 5 rings (SSSR count). The molecule has 222 valence electrons. The Morgan fingerprint density at radius 2 is 1.56 bits per heavy atom. The molecule has 0 bridgehead atoms. The van der Waals surface area contributed by atoms with E-state index in [0.717, 1.165) is 49.8 Å². The van der Waals surface area contributed by atoms with Gasteiger partial charge in [-0.3, -0.25) is 4.90 Å². The molecule has 1 fully saturated rings. The van der Waals surface area contributed by atoms with Crippen molar-refractivity contribution in [2.75, 3.05) is 32.9 Å². The van der Waals surface area contributed by atoms with E-state index in [-0.39, 0.29) is 36.2 Å². The first-order valence-electron chi connectivity index (χ1n) is 15.3. The van der Waals surface area contributed by atoms with Crippen molar-refractivity contribution in [3.05, 3.63) is 89.5 Å². The first kappa shape index (κ1) is 31.2. The standard InChI is InChI=1S/C35H45NO4.ClH/c1-2-3-4-5-6-7-11-14-34(36-21-23-38-24-22-36)40-30-18-15-28(16-19-30)35-31-20-17-29(37)25-33(31)39-26-32(35)27-12-9-8-10-13-27;/h8-10,12-13,15-20,25,32,34-35,37H,2-7,11,14,21-24,26H2,1H3;1H. The van der Waals surface area contributed by atoms with Crippen molar-refractivity contribution in [1.29, 1.82) is 0 Å². The minimum atomic E-state index is 0. The van der Waals surface area contributed by atoms with Crippen molar-refractivity contribution in [3.63, 3.8) is 0 Å². The normalized spacial score (nSPS) is 19.4. The summed E-state index contributed by atoms with van der Waals surface area (Å²) in [6.07, 6.45) is 10.2. The smallest absolute Gasteiger partial charge is 0.152 e. The van der Waals surface area contributed by atoms with Gasteiger partial charge in [-0.1, -0.05) is 94.0 Å². The highest BCUT2D eigenvalue weighted by Gasteiger charge is 2.33. The van der Waals surface area contributed by atoms with Crippen molar-refractivity contribution in [2.45, 2.75) is 76.4 Å². The summed E-state index contributed by atoms with van der Waals surface area (Å²) in [5.41, 5.74) is 3.59. The Labute approximate surface area is 252 Å². The van der Waals surface area contributed by atoms with Gasteiger partial charge >= 0.3 is 0 Å². The zero-order valence-electron chi connectivity index (χ0n) is 24.4. The predicted molar refractivity (Wildman–Crippen MR) is 168 cm³/mol. The minimum Gasteiger partial charge on any atom is -0.508 e. The molecular weight excluding hydrogens is 534 g/mol. The van der Waals surface area contributed by atoms with E-state index in [1.165, 1.54) is 56.1 Å². The van der Waals surface area contributed by atoms with E-state index < -0.39 is 0 Å². The van der Waals surface area contributed by atoms with Crippen molar-refractivity contribution < 1.29 is 19.3 Å². The second-order valence-corrected chi connectivity index (χ2v) is 11.2. The molecular formula is C35H46ClNO4. The lowest BCUT2D eigenvalue weighted by molar-refractivity contribution is -0.0497. The van der Waals surface area contributed by atoms with Crippen LogP contribution in [0.4, 0.5) is 0 Å². The first-order valence-corrected chi connectivity index (χ1v) is 15.3. The number of halogens is 1. The molecule has 5 nitrogen and oxygen atoms in total. The molecule has 3 aromatic rings. The molecule has 0 aliphatic carbocycles. The van der Waals surface area contributed by atoms with Crippen LogP contribution in [-0.2, 0) is 4.74 Å². The molecule has 2 heterocycles. The average molecular weight is 580 g/mol. The van der Waals surface area contributed by atoms with Crippen LogP contribution in [0.25, 0.3) is 0 Å². The van der Waals surface area contributed by atoms with E-state index >= 15 is 0 Å². The molecule has 3 atom stereocenters. The van der Waals surface area contributed by atoms with Crippen LogP contribution in [0.1, 0.15) is 86.8 Å². The Balaban J connectivity index is 0.00000387. The van der Waals surface area contributed by atoms with Crippen LogP contribution in [0.5, 0.6) is 17.2 Å². The van der Waals surface area contributed by atoms with Crippen LogP contribution in [0.2, 0.25) is 0 Å². The number of morpholine rings is 1. The van der Waals surface area contributed by atoms with Gasteiger partial charge in [0.1, 0.15) is 17.2 Å². The molecule has 0 radical (unpaired) electrons. The first-order chi connectivity index (χ1) is 19.7. The molecule has 2 aliphatic rings. The number of benzene rings is 3. The number of phenols is 1. The van der Waals surface area contributed by atoms with Crippen LogP contribution >= 0.6 is 12.4 Å². The van der Waals surface area contributed by atoms with Crippen molar-refractivity contribution >= 4 is 12.4 Å². The number of nitrogens with zero attached hydrogens (tertiary/aromatic N) is 1. The zero-order valence-corrected chi connectivity index (χ0v) is 25.2. The van der Waals surface area contributed by atoms with Gasteiger partial charge in [-0.15, -0.1) is 12.4 Å².